The van der Waals surface area contributed by atoms with Gasteiger partial charge in [-0.1, -0.05) is 0 Å². The summed E-state index contributed by atoms with van der Waals surface area (Å²) >= 11 is 0. The summed E-state index contributed by atoms with van der Waals surface area (Å²) < 4.78 is 12.6. The minimum absolute atomic E-state index is 0.0823. The van der Waals surface area contributed by atoms with Crippen LogP contribution in [0.25, 0.3) is 11.4 Å². The molecule has 0 unspecified atom stereocenters. The van der Waals surface area contributed by atoms with Crippen LogP contribution in [0.15, 0.2) is 43.0 Å². The molecule has 0 spiro atoms. The molecule has 5 rings (SSSR count). The van der Waals surface area contributed by atoms with Crippen molar-refractivity contribution >= 4 is 34.7 Å². The number of methoxy groups -OCH3 is 1. The smallest absolute Gasteiger partial charge is 0.273 e. The molecule has 38 heavy (non-hydrogen) atoms. The zero-order chi connectivity index (χ0) is 26.5. The third-order valence-electron chi connectivity index (χ3n) is 5.82. The van der Waals surface area contributed by atoms with Gasteiger partial charge in [0, 0.05) is 39.4 Å². The minimum Gasteiger partial charge on any atom is -0.492 e. The predicted molar refractivity (Wildman–Crippen MR) is 140 cm³/mol. The summed E-state index contributed by atoms with van der Waals surface area (Å²) in [6, 6.07) is 7.25. The van der Waals surface area contributed by atoms with Crippen molar-refractivity contribution in [3.8, 4) is 17.1 Å². The lowest BCUT2D eigenvalue weighted by atomic mass is 10.2. The van der Waals surface area contributed by atoms with E-state index in [1.807, 2.05) is 12.1 Å². The lowest BCUT2D eigenvalue weighted by Crippen LogP contribution is -2.36. The van der Waals surface area contributed by atoms with Gasteiger partial charge in [0.2, 0.25) is 0 Å². The van der Waals surface area contributed by atoms with Crippen molar-refractivity contribution in [1.29, 1.82) is 0 Å². The van der Waals surface area contributed by atoms with Gasteiger partial charge in [0.25, 0.3) is 5.91 Å². The third kappa shape index (κ3) is 5.29. The first-order valence-corrected chi connectivity index (χ1v) is 11.9. The van der Waals surface area contributed by atoms with Crippen LogP contribution in [0, 0.1) is 0 Å². The summed E-state index contributed by atoms with van der Waals surface area (Å²) in [6.07, 6.45) is 4.99. The van der Waals surface area contributed by atoms with Gasteiger partial charge in [-0.25, -0.2) is 15.0 Å². The van der Waals surface area contributed by atoms with Crippen LogP contribution in [0.5, 0.6) is 5.75 Å². The van der Waals surface area contributed by atoms with Crippen molar-refractivity contribution < 1.29 is 14.3 Å². The highest BCUT2D eigenvalue weighted by molar-refractivity contribution is 5.98. The van der Waals surface area contributed by atoms with Gasteiger partial charge >= 0.3 is 0 Å². The molecule has 0 atom stereocenters. The van der Waals surface area contributed by atoms with E-state index in [1.165, 1.54) is 14.2 Å². The Morgan fingerprint density at radius 3 is 2.58 bits per heavy atom. The summed E-state index contributed by atoms with van der Waals surface area (Å²) in [5.74, 6) is 1.79. The fraction of sp³-hybridized carbons (Fsp3) is 0.292. The molecule has 1 amide bonds. The Balaban J connectivity index is 1.43. The standard InChI is InChI=1S/C24H27N11O3/c1-25-24(36)20-17(29-23-21(37-3)16(6-7-26-23)22-28-14-34(2)33-22)12-19(31-32-20)30-18-5-4-15(13-27-18)35-8-10-38-11-9-35/h4-7,12-14H,8-11H2,1-3H3,(H,25,36)(H2,26,27,29,30,31). The average Bonchev–Trinajstić information content (AvgIpc) is 3.39. The van der Waals surface area contributed by atoms with E-state index in [1.54, 1.807) is 42.6 Å². The van der Waals surface area contributed by atoms with Crippen LogP contribution in [0.2, 0.25) is 0 Å². The molecule has 5 heterocycles. The number of aromatic nitrogens is 7. The van der Waals surface area contributed by atoms with Crippen LogP contribution in [0.1, 0.15) is 10.5 Å². The number of carbonyl (C=O) groups is 1. The van der Waals surface area contributed by atoms with Crippen molar-refractivity contribution in [1.82, 2.24) is 40.2 Å². The number of rotatable bonds is 8. The fourth-order valence-corrected chi connectivity index (χ4v) is 3.94. The number of hydrogen-bond donors (Lipinski definition) is 3. The summed E-state index contributed by atoms with van der Waals surface area (Å²) in [5.41, 5.74) is 2.10. The van der Waals surface area contributed by atoms with Gasteiger partial charge in [0.1, 0.15) is 12.1 Å². The molecule has 1 aliphatic rings. The first-order chi connectivity index (χ1) is 18.6. The summed E-state index contributed by atoms with van der Waals surface area (Å²) in [4.78, 5) is 28.0. The van der Waals surface area contributed by atoms with Crippen LogP contribution in [0.3, 0.4) is 0 Å². The molecule has 4 aromatic rings. The number of nitrogens with zero attached hydrogens (tertiary/aromatic N) is 8. The van der Waals surface area contributed by atoms with Crippen LogP contribution >= 0.6 is 0 Å². The first kappa shape index (κ1) is 24.8. The summed E-state index contributed by atoms with van der Waals surface area (Å²) in [6.45, 7) is 3.05. The Hall–Kier alpha value is -4.85. The number of pyridine rings is 2. The molecule has 1 fully saturated rings. The Morgan fingerprint density at radius 2 is 1.89 bits per heavy atom. The van der Waals surface area contributed by atoms with Gasteiger partial charge < -0.3 is 30.3 Å². The molecule has 1 aliphatic heterocycles. The topological polar surface area (TPSA) is 157 Å². The van der Waals surface area contributed by atoms with E-state index in [4.69, 9.17) is 9.47 Å². The van der Waals surface area contributed by atoms with Crippen molar-refractivity contribution in [3.63, 3.8) is 0 Å². The highest BCUT2D eigenvalue weighted by atomic mass is 16.5. The second-order valence-electron chi connectivity index (χ2n) is 8.30. The number of aryl methyl sites for hydroxylation is 1. The van der Waals surface area contributed by atoms with Gasteiger partial charge in [-0.3, -0.25) is 9.48 Å². The normalized spacial score (nSPS) is 13.2. The lowest BCUT2D eigenvalue weighted by molar-refractivity contribution is 0.0958. The largest absolute Gasteiger partial charge is 0.492 e. The number of anilines is 5. The van der Waals surface area contributed by atoms with E-state index >= 15 is 0 Å². The van der Waals surface area contributed by atoms with Gasteiger partial charge in [-0.15, -0.1) is 10.2 Å². The number of nitrogens with one attached hydrogen (secondary N) is 3. The van der Waals surface area contributed by atoms with Crippen LogP contribution in [-0.2, 0) is 11.8 Å². The van der Waals surface area contributed by atoms with Gasteiger partial charge in [0.15, 0.2) is 28.9 Å². The molecule has 0 aromatic carbocycles. The van der Waals surface area contributed by atoms with E-state index in [0.29, 0.717) is 53.5 Å². The summed E-state index contributed by atoms with van der Waals surface area (Å²) in [5, 5.41) is 21.5. The van der Waals surface area contributed by atoms with Gasteiger partial charge in [-0.2, -0.15) is 5.10 Å². The highest BCUT2D eigenvalue weighted by Gasteiger charge is 2.20. The molecule has 0 saturated carbocycles. The Bertz CT molecular complexity index is 1420. The molecule has 1 saturated heterocycles. The van der Waals surface area contributed by atoms with E-state index in [2.05, 4.69) is 51.1 Å². The van der Waals surface area contributed by atoms with E-state index in [0.717, 1.165) is 18.8 Å². The van der Waals surface area contributed by atoms with Crippen molar-refractivity contribution in [2.24, 2.45) is 7.05 Å². The van der Waals surface area contributed by atoms with Crippen molar-refractivity contribution in [2.45, 2.75) is 0 Å². The molecule has 4 aromatic heterocycles. The maximum absolute atomic E-state index is 12.6. The number of ether oxygens (including phenoxy) is 2. The molecule has 3 N–H and O–H groups in total. The second kappa shape index (κ2) is 11.0. The number of hydrogen-bond acceptors (Lipinski definition) is 12. The SMILES string of the molecule is CNC(=O)c1nnc(Nc2ccc(N3CCOCC3)cn2)cc1Nc1nccc(-c2ncn(C)n2)c1OC. The average molecular weight is 518 g/mol. The predicted octanol–water partition coefficient (Wildman–Crippen LogP) is 1.75. The maximum atomic E-state index is 12.6. The van der Waals surface area contributed by atoms with E-state index in [9.17, 15) is 4.79 Å². The Kier molecular flexibility index (Phi) is 7.21. The molecule has 0 radical (unpaired) electrons. The molecule has 0 aliphatic carbocycles. The fourth-order valence-electron chi connectivity index (χ4n) is 3.94. The number of amides is 1. The Labute approximate surface area is 218 Å². The zero-order valence-electron chi connectivity index (χ0n) is 21.2. The second-order valence-corrected chi connectivity index (χ2v) is 8.30. The quantitative estimate of drug-likeness (QED) is 0.311. The molecular formula is C24H27N11O3. The lowest BCUT2D eigenvalue weighted by Gasteiger charge is -2.28. The molecule has 14 nitrogen and oxygen atoms in total. The van der Waals surface area contributed by atoms with Gasteiger partial charge in [0.05, 0.1) is 43.5 Å². The molecule has 196 valence electrons. The number of carbonyl (C=O) groups excluding carboxylic acids is 1. The maximum Gasteiger partial charge on any atom is 0.273 e. The van der Waals surface area contributed by atoms with E-state index < -0.39 is 5.91 Å². The summed E-state index contributed by atoms with van der Waals surface area (Å²) in [7, 11) is 4.82. The molecule has 0 bridgehead atoms. The first-order valence-electron chi connectivity index (χ1n) is 11.9. The highest BCUT2D eigenvalue weighted by Crippen LogP contribution is 2.35. The molecular weight excluding hydrogens is 490 g/mol. The Morgan fingerprint density at radius 1 is 1.05 bits per heavy atom. The molecule has 14 heteroatoms. The minimum atomic E-state index is -0.416. The monoisotopic (exact) mass is 517 g/mol. The zero-order valence-corrected chi connectivity index (χ0v) is 21.2. The van der Waals surface area contributed by atoms with Crippen molar-refractivity contribution in [2.75, 3.05) is 56.0 Å². The van der Waals surface area contributed by atoms with Crippen LogP contribution < -0.4 is 25.6 Å². The van der Waals surface area contributed by atoms with Crippen LogP contribution in [0.4, 0.5) is 28.8 Å². The number of morpholine rings is 1. The van der Waals surface area contributed by atoms with Crippen molar-refractivity contribution in [3.05, 3.63) is 48.7 Å². The van der Waals surface area contributed by atoms with Gasteiger partial charge in [-0.05, 0) is 18.2 Å². The van der Waals surface area contributed by atoms with Crippen LogP contribution in [-0.4, -0.2) is 81.3 Å². The van der Waals surface area contributed by atoms with E-state index in [-0.39, 0.29) is 5.69 Å². The third-order valence-corrected chi connectivity index (χ3v) is 5.82.